The lowest BCUT2D eigenvalue weighted by Gasteiger charge is -2.34. The molecule has 2 fully saturated rings. The summed E-state index contributed by atoms with van der Waals surface area (Å²) >= 11 is 0. The van der Waals surface area contributed by atoms with Gasteiger partial charge in [0.15, 0.2) is 0 Å². The van der Waals surface area contributed by atoms with E-state index >= 15 is 0 Å². The van der Waals surface area contributed by atoms with Gasteiger partial charge < -0.3 is 10.2 Å². The monoisotopic (exact) mass is 293 g/mol. The first-order valence-electron chi connectivity index (χ1n) is 7.26. The highest BCUT2D eigenvalue weighted by molar-refractivity contribution is 5.76. The number of nitrogens with one attached hydrogen (secondary N) is 1. The lowest BCUT2D eigenvalue weighted by Crippen LogP contribution is -2.52. The van der Waals surface area contributed by atoms with Crippen molar-refractivity contribution in [1.82, 2.24) is 15.1 Å². The van der Waals surface area contributed by atoms with Gasteiger partial charge in [-0.2, -0.15) is 13.2 Å². The van der Waals surface area contributed by atoms with E-state index in [1.54, 1.807) is 0 Å². The lowest BCUT2D eigenvalue weighted by atomic mass is 10.1. The number of rotatable bonds is 3. The van der Waals surface area contributed by atoms with Crippen molar-refractivity contribution >= 4 is 5.91 Å². The van der Waals surface area contributed by atoms with E-state index in [0.29, 0.717) is 13.1 Å². The van der Waals surface area contributed by atoms with Gasteiger partial charge in [-0.25, -0.2) is 0 Å². The minimum atomic E-state index is -4.29. The number of carbonyl (C=O) groups is 1. The average molecular weight is 293 g/mol. The highest BCUT2D eigenvalue weighted by Gasteiger charge is 2.44. The molecule has 2 heterocycles. The molecule has 2 rings (SSSR count). The Morgan fingerprint density at radius 2 is 1.80 bits per heavy atom. The Morgan fingerprint density at radius 1 is 1.10 bits per heavy atom. The molecule has 0 saturated carbocycles. The first-order chi connectivity index (χ1) is 9.47. The van der Waals surface area contributed by atoms with Gasteiger partial charge in [0.1, 0.15) is 6.04 Å². The van der Waals surface area contributed by atoms with Crippen molar-refractivity contribution in [2.45, 2.75) is 37.9 Å². The SMILES string of the molecule is O=C1CCN(CCN2CCCCC2)C(C(F)(F)F)CN1. The standard InChI is InChI=1S/C13H22F3N3O/c14-13(15,16)11-10-17-12(20)4-7-19(11)9-8-18-5-2-1-3-6-18/h11H,1-10H2,(H,17,20). The molecule has 2 saturated heterocycles. The van der Waals surface area contributed by atoms with Gasteiger partial charge in [-0.3, -0.25) is 9.69 Å². The first-order valence-corrected chi connectivity index (χ1v) is 7.26. The number of halogens is 3. The number of alkyl halides is 3. The molecule has 0 aromatic heterocycles. The van der Waals surface area contributed by atoms with Crippen LogP contribution in [0.4, 0.5) is 13.2 Å². The fourth-order valence-corrected chi connectivity index (χ4v) is 2.87. The third-order valence-corrected chi connectivity index (χ3v) is 4.09. The summed E-state index contributed by atoms with van der Waals surface area (Å²) < 4.78 is 39.2. The minimum Gasteiger partial charge on any atom is -0.354 e. The van der Waals surface area contributed by atoms with Gasteiger partial charge in [-0.05, 0) is 25.9 Å². The Morgan fingerprint density at radius 3 is 2.45 bits per heavy atom. The van der Waals surface area contributed by atoms with Crippen molar-refractivity contribution in [2.75, 3.05) is 39.3 Å². The number of amides is 1. The number of piperidine rings is 1. The van der Waals surface area contributed by atoms with Gasteiger partial charge in [0, 0.05) is 32.6 Å². The molecule has 116 valence electrons. The first kappa shape index (κ1) is 15.6. The van der Waals surface area contributed by atoms with E-state index in [9.17, 15) is 18.0 Å². The fourth-order valence-electron chi connectivity index (χ4n) is 2.87. The molecule has 0 aromatic carbocycles. The molecule has 0 aromatic rings. The van der Waals surface area contributed by atoms with E-state index in [0.717, 1.165) is 25.9 Å². The molecule has 1 atom stereocenters. The van der Waals surface area contributed by atoms with Gasteiger partial charge in [0.05, 0.1) is 0 Å². The zero-order chi connectivity index (χ0) is 14.6. The van der Waals surface area contributed by atoms with E-state index in [2.05, 4.69) is 10.2 Å². The molecule has 1 N–H and O–H groups in total. The highest BCUT2D eigenvalue weighted by Crippen LogP contribution is 2.25. The zero-order valence-electron chi connectivity index (χ0n) is 11.6. The number of nitrogens with zero attached hydrogens (tertiary/aromatic N) is 2. The third kappa shape index (κ3) is 4.34. The molecule has 1 unspecified atom stereocenters. The second-order valence-corrected chi connectivity index (χ2v) is 5.55. The summed E-state index contributed by atoms with van der Waals surface area (Å²) in [5, 5.41) is 2.35. The second kappa shape index (κ2) is 6.76. The Labute approximate surface area is 117 Å². The predicted molar refractivity (Wildman–Crippen MR) is 69.3 cm³/mol. The molecule has 0 spiro atoms. The number of hydrogen-bond acceptors (Lipinski definition) is 3. The summed E-state index contributed by atoms with van der Waals surface area (Å²) in [6, 6.07) is -1.56. The Balaban J connectivity index is 1.92. The molecule has 0 radical (unpaired) electrons. The molecule has 4 nitrogen and oxygen atoms in total. The van der Waals surface area contributed by atoms with Crippen LogP contribution >= 0.6 is 0 Å². The van der Waals surface area contributed by atoms with Crippen LogP contribution in [0.1, 0.15) is 25.7 Å². The van der Waals surface area contributed by atoms with E-state index in [1.807, 2.05) is 0 Å². The number of likely N-dealkylation sites (tertiary alicyclic amines) is 1. The summed E-state index contributed by atoms with van der Waals surface area (Å²) in [7, 11) is 0. The van der Waals surface area contributed by atoms with Gasteiger partial charge in [0.2, 0.25) is 5.91 Å². The maximum atomic E-state index is 13.1. The van der Waals surface area contributed by atoms with Crippen molar-refractivity contribution in [3.63, 3.8) is 0 Å². The van der Waals surface area contributed by atoms with Crippen molar-refractivity contribution in [2.24, 2.45) is 0 Å². The fraction of sp³-hybridized carbons (Fsp3) is 0.923. The molecular formula is C13H22F3N3O. The lowest BCUT2D eigenvalue weighted by molar-refractivity contribution is -0.181. The van der Waals surface area contributed by atoms with Gasteiger partial charge in [-0.15, -0.1) is 0 Å². The summed E-state index contributed by atoms with van der Waals surface area (Å²) in [6.07, 6.45) is -0.679. The summed E-state index contributed by atoms with van der Waals surface area (Å²) in [5.41, 5.74) is 0. The maximum absolute atomic E-state index is 13.1. The minimum absolute atomic E-state index is 0.145. The van der Waals surface area contributed by atoms with Crippen molar-refractivity contribution in [1.29, 1.82) is 0 Å². The predicted octanol–water partition coefficient (Wildman–Crippen LogP) is 1.23. The molecule has 2 aliphatic heterocycles. The summed E-state index contributed by atoms with van der Waals surface area (Å²) in [6.45, 7) is 2.83. The largest absolute Gasteiger partial charge is 0.405 e. The summed E-state index contributed by atoms with van der Waals surface area (Å²) in [4.78, 5) is 14.9. The quantitative estimate of drug-likeness (QED) is 0.850. The van der Waals surface area contributed by atoms with Gasteiger partial charge >= 0.3 is 6.18 Å². The normalized spacial score (nSPS) is 27.1. The molecule has 0 aliphatic carbocycles. The van der Waals surface area contributed by atoms with Crippen LogP contribution in [-0.4, -0.2) is 67.2 Å². The molecular weight excluding hydrogens is 271 g/mol. The van der Waals surface area contributed by atoms with Crippen molar-refractivity contribution in [3.05, 3.63) is 0 Å². The molecule has 20 heavy (non-hydrogen) atoms. The molecule has 7 heteroatoms. The number of carbonyl (C=O) groups excluding carboxylic acids is 1. The zero-order valence-corrected chi connectivity index (χ0v) is 11.6. The Hall–Kier alpha value is -0.820. The maximum Gasteiger partial charge on any atom is 0.405 e. The average Bonchev–Trinajstić information content (AvgIpc) is 2.59. The van der Waals surface area contributed by atoms with Crippen LogP contribution in [-0.2, 0) is 4.79 Å². The molecule has 2 aliphatic rings. The Kier molecular flexibility index (Phi) is 5.26. The summed E-state index contributed by atoms with van der Waals surface area (Å²) in [5.74, 6) is -0.292. The van der Waals surface area contributed by atoms with Crippen molar-refractivity contribution < 1.29 is 18.0 Å². The van der Waals surface area contributed by atoms with E-state index in [4.69, 9.17) is 0 Å². The number of hydrogen-bond donors (Lipinski definition) is 1. The smallest absolute Gasteiger partial charge is 0.354 e. The van der Waals surface area contributed by atoms with Gasteiger partial charge in [0.25, 0.3) is 0 Å². The highest BCUT2D eigenvalue weighted by atomic mass is 19.4. The van der Waals surface area contributed by atoms with Crippen LogP contribution in [0, 0.1) is 0 Å². The molecule has 0 bridgehead atoms. The van der Waals surface area contributed by atoms with E-state index < -0.39 is 12.2 Å². The van der Waals surface area contributed by atoms with Crippen molar-refractivity contribution in [3.8, 4) is 0 Å². The van der Waals surface area contributed by atoms with Crippen LogP contribution in [0.5, 0.6) is 0 Å². The second-order valence-electron chi connectivity index (χ2n) is 5.55. The molecule has 1 amide bonds. The third-order valence-electron chi connectivity index (χ3n) is 4.09. The van der Waals surface area contributed by atoms with Gasteiger partial charge in [-0.1, -0.05) is 6.42 Å². The van der Waals surface area contributed by atoms with Crippen LogP contribution in [0.25, 0.3) is 0 Å². The van der Waals surface area contributed by atoms with E-state index in [-0.39, 0.29) is 25.4 Å². The van der Waals surface area contributed by atoms with Crippen LogP contribution in [0.2, 0.25) is 0 Å². The van der Waals surface area contributed by atoms with E-state index in [1.165, 1.54) is 11.3 Å². The topological polar surface area (TPSA) is 35.6 Å². The Bertz CT molecular complexity index is 329. The van der Waals surface area contributed by atoms with Crippen LogP contribution < -0.4 is 5.32 Å². The van der Waals surface area contributed by atoms with Crippen LogP contribution in [0.15, 0.2) is 0 Å². The van der Waals surface area contributed by atoms with Crippen LogP contribution in [0.3, 0.4) is 0 Å².